The van der Waals surface area contributed by atoms with E-state index in [2.05, 4.69) is 15.7 Å². The minimum absolute atomic E-state index is 0.187. The van der Waals surface area contributed by atoms with E-state index in [-0.39, 0.29) is 5.91 Å². The molecule has 1 fully saturated rings. The van der Waals surface area contributed by atoms with E-state index in [0.717, 1.165) is 6.07 Å². The summed E-state index contributed by atoms with van der Waals surface area (Å²) in [7, 11) is 0. The van der Waals surface area contributed by atoms with Crippen molar-refractivity contribution >= 4 is 5.91 Å². The van der Waals surface area contributed by atoms with Crippen molar-refractivity contribution in [2.75, 3.05) is 13.1 Å². The van der Waals surface area contributed by atoms with Crippen LogP contribution < -0.4 is 10.6 Å². The molecule has 5 nitrogen and oxygen atoms in total. The van der Waals surface area contributed by atoms with Crippen LogP contribution in [-0.4, -0.2) is 28.8 Å². The standard InChI is InChI=1S/C18H22F2N4O/c1-2-16(14-5-4-13(19)12-15(14)20)23-17(25)18(6-9-21-10-7-18)24-11-3-8-22-24/h3-5,8,11-12,16,21H,2,6-7,9-10H2,1H3,(H,23,25). The second kappa shape index (κ2) is 7.31. The number of nitrogens with zero attached hydrogens (tertiary/aromatic N) is 2. The van der Waals surface area contributed by atoms with Gasteiger partial charge in [-0.05, 0) is 44.5 Å². The first kappa shape index (κ1) is 17.5. The van der Waals surface area contributed by atoms with Crippen molar-refractivity contribution in [2.45, 2.75) is 37.8 Å². The van der Waals surface area contributed by atoms with Crippen LogP contribution >= 0.6 is 0 Å². The SMILES string of the molecule is CCC(NC(=O)C1(n2cccn2)CCNCC1)c1ccc(F)cc1F. The van der Waals surface area contributed by atoms with Crippen LogP contribution in [0.15, 0.2) is 36.7 Å². The lowest BCUT2D eigenvalue weighted by molar-refractivity contribution is -0.132. The molecule has 1 aromatic heterocycles. The molecule has 3 rings (SSSR count). The third-order valence-electron chi connectivity index (χ3n) is 4.85. The van der Waals surface area contributed by atoms with Gasteiger partial charge in [0, 0.05) is 24.0 Å². The Balaban J connectivity index is 1.87. The van der Waals surface area contributed by atoms with Gasteiger partial charge in [0.15, 0.2) is 0 Å². The molecule has 1 saturated heterocycles. The fraction of sp³-hybridized carbons (Fsp3) is 0.444. The molecule has 1 aliphatic rings. The second-order valence-corrected chi connectivity index (χ2v) is 6.33. The largest absolute Gasteiger partial charge is 0.347 e. The fourth-order valence-corrected chi connectivity index (χ4v) is 3.40. The molecule has 2 aromatic rings. The van der Waals surface area contributed by atoms with Crippen LogP contribution in [0.25, 0.3) is 0 Å². The van der Waals surface area contributed by atoms with Crippen molar-refractivity contribution in [3.8, 4) is 0 Å². The van der Waals surface area contributed by atoms with Gasteiger partial charge < -0.3 is 10.6 Å². The molecule has 1 atom stereocenters. The van der Waals surface area contributed by atoms with E-state index in [1.807, 2.05) is 6.92 Å². The highest BCUT2D eigenvalue weighted by molar-refractivity contribution is 5.85. The number of hydrogen-bond donors (Lipinski definition) is 2. The number of aromatic nitrogens is 2. The Morgan fingerprint density at radius 3 is 2.76 bits per heavy atom. The maximum absolute atomic E-state index is 14.1. The van der Waals surface area contributed by atoms with Crippen LogP contribution in [0.3, 0.4) is 0 Å². The average Bonchev–Trinajstić information content (AvgIpc) is 3.16. The topological polar surface area (TPSA) is 59.0 Å². The smallest absolute Gasteiger partial charge is 0.248 e. The van der Waals surface area contributed by atoms with Crippen LogP contribution in [0.4, 0.5) is 8.78 Å². The molecular formula is C18H22F2N4O. The highest BCUT2D eigenvalue weighted by Gasteiger charge is 2.42. The van der Waals surface area contributed by atoms with Gasteiger partial charge in [-0.1, -0.05) is 13.0 Å². The van der Waals surface area contributed by atoms with E-state index in [1.165, 1.54) is 12.1 Å². The summed E-state index contributed by atoms with van der Waals surface area (Å²) in [6, 6.07) is 4.71. The molecule has 1 aromatic carbocycles. The maximum Gasteiger partial charge on any atom is 0.248 e. The number of amides is 1. The number of benzene rings is 1. The van der Waals surface area contributed by atoms with Gasteiger partial charge in [0.25, 0.3) is 0 Å². The Kier molecular flexibility index (Phi) is 5.13. The molecule has 0 spiro atoms. The fourth-order valence-electron chi connectivity index (χ4n) is 3.40. The number of rotatable bonds is 5. The zero-order valence-corrected chi connectivity index (χ0v) is 14.1. The molecule has 1 aliphatic heterocycles. The molecule has 0 radical (unpaired) electrons. The Labute approximate surface area is 145 Å². The Hall–Kier alpha value is -2.28. The molecule has 134 valence electrons. The summed E-state index contributed by atoms with van der Waals surface area (Å²) >= 11 is 0. The highest BCUT2D eigenvalue weighted by Crippen LogP contribution is 2.29. The van der Waals surface area contributed by atoms with Gasteiger partial charge in [-0.2, -0.15) is 5.10 Å². The molecule has 0 aliphatic carbocycles. The Bertz CT molecular complexity index is 727. The summed E-state index contributed by atoms with van der Waals surface area (Å²) in [5.41, 5.74) is -0.500. The van der Waals surface area contributed by atoms with Crippen LogP contribution in [0, 0.1) is 11.6 Å². The molecule has 1 amide bonds. The summed E-state index contributed by atoms with van der Waals surface area (Å²) in [5, 5.41) is 10.5. The maximum atomic E-state index is 14.1. The van der Waals surface area contributed by atoms with Crippen LogP contribution in [0.2, 0.25) is 0 Å². The van der Waals surface area contributed by atoms with E-state index in [1.54, 1.807) is 23.1 Å². The second-order valence-electron chi connectivity index (χ2n) is 6.33. The molecule has 7 heteroatoms. The van der Waals surface area contributed by atoms with Gasteiger partial charge in [0.1, 0.15) is 17.2 Å². The monoisotopic (exact) mass is 348 g/mol. The van der Waals surface area contributed by atoms with Gasteiger partial charge in [0.05, 0.1) is 6.04 Å². The lowest BCUT2D eigenvalue weighted by Crippen LogP contribution is -2.55. The normalized spacial score (nSPS) is 17.9. The van der Waals surface area contributed by atoms with Crippen molar-refractivity contribution in [1.29, 1.82) is 0 Å². The third kappa shape index (κ3) is 3.42. The first-order valence-corrected chi connectivity index (χ1v) is 8.53. The number of halogens is 2. The summed E-state index contributed by atoms with van der Waals surface area (Å²) in [6.07, 6.45) is 5.13. The van der Waals surface area contributed by atoms with Gasteiger partial charge in [-0.3, -0.25) is 9.48 Å². The summed E-state index contributed by atoms with van der Waals surface area (Å²) in [5.74, 6) is -1.47. The first-order chi connectivity index (χ1) is 12.1. The summed E-state index contributed by atoms with van der Waals surface area (Å²) < 4.78 is 29.0. The number of hydrogen-bond acceptors (Lipinski definition) is 3. The lowest BCUT2D eigenvalue weighted by Gasteiger charge is -2.37. The van der Waals surface area contributed by atoms with Crippen molar-refractivity contribution in [1.82, 2.24) is 20.4 Å². The van der Waals surface area contributed by atoms with E-state index >= 15 is 0 Å². The highest BCUT2D eigenvalue weighted by atomic mass is 19.1. The van der Waals surface area contributed by atoms with Gasteiger partial charge in [-0.25, -0.2) is 8.78 Å². The molecule has 25 heavy (non-hydrogen) atoms. The van der Waals surface area contributed by atoms with Crippen molar-refractivity contribution in [3.05, 3.63) is 53.9 Å². The lowest BCUT2D eigenvalue weighted by atomic mass is 9.86. The molecule has 2 heterocycles. The minimum Gasteiger partial charge on any atom is -0.347 e. The van der Waals surface area contributed by atoms with E-state index in [0.29, 0.717) is 37.9 Å². The minimum atomic E-state index is -0.793. The number of nitrogens with one attached hydrogen (secondary N) is 2. The Morgan fingerprint density at radius 2 is 2.16 bits per heavy atom. The zero-order valence-electron chi connectivity index (χ0n) is 14.1. The van der Waals surface area contributed by atoms with Crippen molar-refractivity contribution < 1.29 is 13.6 Å². The van der Waals surface area contributed by atoms with Gasteiger partial charge >= 0.3 is 0 Å². The molecule has 0 saturated carbocycles. The molecule has 1 unspecified atom stereocenters. The predicted octanol–water partition coefficient (Wildman–Crippen LogP) is 2.51. The molecule has 0 bridgehead atoms. The number of carbonyl (C=O) groups is 1. The van der Waals surface area contributed by atoms with E-state index in [9.17, 15) is 13.6 Å². The van der Waals surface area contributed by atoms with Gasteiger partial charge in [0.2, 0.25) is 5.91 Å². The first-order valence-electron chi connectivity index (χ1n) is 8.53. The van der Waals surface area contributed by atoms with E-state index in [4.69, 9.17) is 0 Å². The number of carbonyl (C=O) groups excluding carboxylic acids is 1. The van der Waals surface area contributed by atoms with Crippen molar-refractivity contribution in [3.63, 3.8) is 0 Å². The van der Waals surface area contributed by atoms with Crippen LogP contribution in [-0.2, 0) is 10.3 Å². The van der Waals surface area contributed by atoms with E-state index < -0.39 is 23.2 Å². The quantitative estimate of drug-likeness (QED) is 0.873. The summed E-state index contributed by atoms with van der Waals surface area (Å²) in [4.78, 5) is 13.1. The van der Waals surface area contributed by atoms with Crippen LogP contribution in [0.5, 0.6) is 0 Å². The van der Waals surface area contributed by atoms with Crippen LogP contribution in [0.1, 0.15) is 37.8 Å². The number of piperidine rings is 1. The van der Waals surface area contributed by atoms with Gasteiger partial charge in [-0.15, -0.1) is 0 Å². The molecule has 2 N–H and O–H groups in total. The Morgan fingerprint density at radius 1 is 1.40 bits per heavy atom. The predicted molar refractivity (Wildman–Crippen MR) is 89.8 cm³/mol. The van der Waals surface area contributed by atoms with Crippen molar-refractivity contribution in [2.24, 2.45) is 0 Å². The average molecular weight is 348 g/mol. The molecular weight excluding hydrogens is 326 g/mol. The summed E-state index contributed by atoms with van der Waals surface area (Å²) in [6.45, 7) is 3.26. The third-order valence-corrected chi connectivity index (χ3v) is 4.85. The zero-order chi connectivity index (χ0) is 17.9.